The Hall–Kier alpha value is -3.55. The first kappa shape index (κ1) is 20.8. The number of hydrogen-bond donors (Lipinski definition) is 3. The van der Waals surface area contributed by atoms with E-state index in [0.29, 0.717) is 5.75 Å². The van der Waals surface area contributed by atoms with Crippen molar-refractivity contribution in [2.24, 2.45) is 11.7 Å². The lowest BCUT2D eigenvalue weighted by Gasteiger charge is -2.16. The van der Waals surface area contributed by atoms with E-state index in [1.807, 2.05) is 0 Å². The molecular weight excluding hydrogens is 364 g/mol. The molecule has 0 radical (unpaired) electrons. The van der Waals surface area contributed by atoms with Crippen molar-refractivity contribution >= 4 is 17.8 Å². The summed E-state index contributed by atoms with van der Waals surface area (Å²) >= 11 is 0. The van der Waals surface area contributed by atoms with Gasteiger partial charge in [0.05, 0.1) is 18.6 Å². The van der Waals surface area contributed by atoms with E-state index in [9.17, 15) is 19.5 Å². The van der Waals surface area contributed by atoms with Gasteiger partial charge in [0.1, 0.15) is 11.5 Å². The molecule has 2 rings (SSSR count). The summed E-state index contributed by atoms with van der Waals surface area (Å²) in [5.41, 5.74) is 5.97. The van der Waals surface area contributed by atoms with Crippen molar-refractivity contribution in [3.8, 4) is 11.5 Å². The molecule has 2 amide bonds. The van der Waals surface area contributed by atoms with Gasteiger partial charge in [-0.05, 0) is 30.2 Å². The smallest absolute Gasteiger partial charge is 0.308 e. The number of hydrogen-bond acceptors (Lipinski definition) is 5. The van der Waals surface area contributed by atoms with Crippen LogP contribution in [0.1, 0.15) is 15.9 Å². The van der Waals surface area contributed by atoms with Gasteiger partial charge >= 0.3 is 5.97 Å². The molecule has 0 fully saturated rings. The van der Waals surface area contributed by atoms with Crippen LogP contribution in [-0.2, 0) is 16.0 Å². The highest BCUT2D eigenvalue weighted by atomic mass is 16.5. The van der Waals surface area contributed by atoms with Crippen molar-refractivity contribution in [1.82, 2.24) is 5.32 Å². The van der Waals surface area contributed by atoms with Crippen molar-refractivity contribution in [3.05, 3.63) is 59.7 Å². The highest BCUT2D eigenvalue weighted by molar-refractivity contribution is 5.97. The number of carbonyl (C=O) groups is 3. The van der Waals surface area contributed by atoms with E-state index in [0.717, 1.165) is 5.56 Å². The lowest BCUT2D eigenvalue weighted by atomic mass is 9.98. The Labute approximate surface area is 162 Å². The molecule has 1 unspecified atom stereocenters. The van der Waals surface area contributed by atoms with E-state index < -0.39 is 23.7 Å². The van der Waals surface area contributed by atoms with E-state index in [1.165, 1.54) is 19.2 Å². The van der Waals surface area contributed by atoms with Crippen molar-refractivity contribution in [2.45, 2.75) is 6.42 Å². The number of ether oxygens (including phenoxy) is 2. The molecule has 0 aliphatic heterocycles. The summed E-state index contributed by atoms with van der Waals surface area (Å²) in [5.74, 6) is -2.28. The monoisotopic (exact) mass is 386 g/mol. The van der Waals surface area contributed by atoms with E-state index in [2.05, 4.69) is 5.32 Å². The number of carboxylic acid groups (broad SMARTS) is 1. The van der Waals surface area contributed by atoms with Crippen LogP contribution in [0.25, 0.3) is 0 Å². The average molecular weight is 386 g/mol. The largest absolute Gasteiger partial charge is 0.496 e. The molecule has 2 aromatic rings. The van der Waals surface area contributed by atoms with Gasteiger partial charge < -0.3 is 25.6 Å². The van der Waals surface area contributed by atoms with Gasteiger partial charge in [-0.25, -0.2) is 0 Å². The van der Waals surface area contributed by atoms with Gasteiger partial charge in [0.25, 0.3) is 11.8 Å². The summed E-state index contributed by atoms with van der Waals surface area (Å²) in [6.07, 6.45) is 0.194. The third-order valence-electron chi connectivity index (χ3n) is 4.02. The fraction of sp³-hybridized carbons (Fsp3) is 0.250. The highest BCUT2D eigenvalue weighted by Gasteiger charge is 2.22. The lowest BCUT2D eigenvalue weighted by molar-refractivity contribution is -0.141. The number of methoxy groups -OCH3 is 1. The van der Waals surface area contributed by atoms with Crippen molar-refractivity contribution < 1.29 is 29.0 Å². The first-order valence-corrected chi connectivity index (χ1v) is 8.55. The Kier molecular flexibility index (Phi) is 7.38. The maximum Gasteiger partial charge on any atom is 0.308 e. The quantitative estimate of drug-likeness (QED) is 0.563. The molecule has 8 heteroatoms. The maximum atomic E-state index is 12.5. The topological polar surface area (TPSA) is 128 Å². The first-order valence-electron chi connectivity index (χ1n) is 8.55. The van der Waals surface area contributed by atoms with Crippen LogP contribution < -0.4 is 20.5 Å². The molecular formula is C20H22N2O6. The predicted octanol–water partition coefficient (Wildman–Crippen LogP) is 1.23. The van der Waals surface area contributed by atoms with Crippen LogP contribution in [0.3, 0.4) is 0 Å². The standard InChI is InChI=1S/C20H22N2O6/c1-27-16-8-4-2-6-13(16)10-14(20(25)26)11-22-19(24)15-7-3-5-9-17(15)28-12-18(21)23/h2-9,14H,10-12H2,1H3,(H2,21,23)(H,22,24)(H,25,26). The zero-order chi connectivity index (χ0) is 20.5. The van der Waals surface area contributed by atoms with Crippen molar-refractivity contribution in [3.63, 3.8) is 0 Å². The molecule has 8 nitrogen and oxygen atoms in total. The third kappa shape index (κ3) is 5.73. The zero-order valence-corrected chi connectivity index (χ0v) is 15.4. The summed E-state index contributed by atoms with van der Waals surface area (Å²) in [7, 11) is 1.51. The zero-order valence-electron chi connectivity index (χ0n) is 15.4. The van der Waals surface area contributed by atoms with Crippen molar-refractivity contribution in [2.75, 3.05) is 20.3 Å². The van der Waals surface area contributed by atoms with Gasteiger partial charge in [0, 0.05) is 6.54 Å². The molecule has 1 atom stereocenters. The number of benzene rings is 2. The molecule has 0 aromatic heterocycles. The fourth-order valence-electron chi connectivity index (χ4n) is 2.62. The van der Waals surface area contributed by atoms with Gasteiger partial charge in [-0.1, -0.05) is 30.3 Å². The number of nitrogens with one attached hydrogen (secondary N) is 1. The number of carbonyl (C=O) groups excluding carboxylic acids is 2. The minimum atomic E-state index is -1.04. The lowest BCUT2D eigenvalue weighted by Crippen LogP contribution is -2.34. The number of carboxylic acids is 1. The number of aliphatic carboxylic acids is 1. The van der Waals surface area contributed by atoms with Gasteiger partial charge in [0.15, 0.2) is 6.61 Å². The number of primary amides is 1. The van der Waals surface area contributed by atoms with Gasteiger partial charge in [-0.3, -0.25) is 14.4 Å². The van der Waals surface area contributed by atoms with Crippen LogP contribution in [0.4, 0.5) is 0 Å². The summed E-state index contributed by atoms with van der Waals surface area (Å²) in [4.78, 5) is 35.0. The molecule has 0 aliphatic rings. The van der Waals surface area contributed by atoms with Crippen LogP contribution in [0.2, 0.25) is 0 Å². The molecule has 2 aromatic carbocycles. The van der Waals surface area contributed by atoms with Gasteiger partial charge in [0.2, 0.25) is 0 Å². The van der Waals surface area contributed by atoms with Crippen LogP contribution in [-0.4, -0.2) is 43.2 Å². The Bertz CT molecular complexity index is 852. The second-order valence-electron chi connectivity index (χ2n) is 6.01. The van der Waals surface area contributed by atoms with Crippen LogP contribution >= 0.6 is 0 Å². The third-order valence-corrected chi connectivity index (χ3v) is 4.02. The Morgan fingerprint density at radius 1 is 1.07 bits per heavy atom. The Morgan fingerprint density at radius 2 is 1.71 bits per heavy atom. The van der Waals surface area contributed by atoms with Gasteiger partial charge in [-0.2, -0.15) is 0 Å². The van der Waals surface area contributed by atoms with Crippen LogP contribution in [0.15, 0.2) is 48.5 Å². The van der Waals surface area contributed by atoms with Crippen molar-refractivity contribution in [1.29, 1.82) is 0 Å². The molecule has 4 N–H and O–H groups in total. The molecule has 0 saturated carbocycles. The fourth-order valence-corrected chi connectivity index (χ4v) is 2.62. The molecule has 28 heavy (non-hydrogen) atoms. The molecule has 0 heterocycles. The first-order chi connectivity index (χ1) is 13.4. The van der Waals surface area contributed by atoms with E-state index in [1.54, 1.807) is 36.4 Å². The summed E-state index contributed by atoms with van der Waals surface area (Å²) < 4.78 is 10.5. The number of rotatable bonds is 10. The number of amides is 2. The Balaban J connectivity index is 2.07. The summed E-state index contributed by atoms with van der Waals surface area (Å²) in [5, 5.41) is 12.1. The summed E-state index contributed by atoms with van der Waals surface area (Å²) in [6, 6.07) is 13.4. The molecule has 148 valence electrons. The molecule has 0 bridgehead atoms. The second-order valence-corrected chi connectivity index (χ2v) is 6.01. The molecule has 0 spiro atoms. The number of para-hydroxylation sites is 2. The number of nitrogens with two attached hydrogens (primary N) is 1. The second kappa shape index (κ2) is 9.96. The van der Waals surface area contributed by atoms with E-state index in [-0.39, 0.29) is 30.9 Å². The van der Waals surface area contributed by atoms with E-state index >= 15 is 0 Å². The Morgan fingerprint density at radius 3 is 2.36 bits per heavy atom. The minimum Gasteiger partial charge on any atom is -0.496 e. The highest BCUT2D eigenvalue weighted by Crippen LogP contribution is 2.21. The average Bonchev–Trinajstić information content (AvgIpc) is 2.69. The normalized spacial score (nSPS) is 11.3. The maximum absolute atomic E-state index is 12.5. The molecule has 0 saturated heterocycles. The minimum absolute atomic E-state index is 0.0869. The molecule has 0 aliphatic carbocycles. The predicted molar refractivity (Wildman–Crippen MR) is 101 cm³/mol. The van der Waals surface area contributed by atoms with Crippen LogP contribution in [0, 0.1) is 5.92 Å². The SMILES string of the molecule is COc1ccccc1CC(CNC(=O)c1ccccc1OCC(N)=O)C(=O)O. The van der Waals surface area contributed by atoms with E-state index in [4.69, 9.17) is 15.2 Å². The van der Waals surface area contributed by atoms with Crippen LogP contribution in [0.5, 0.6) is 11.5 Å². The van der Waals surface area contributed by atoms with Gasteiger partial charge in [-0.15, -0.1) is 0 Å². The summed E-state index contributed by atoms with van der Waals surface area (Å²) in [6.45, 7) is -0.452.